The standard InChI is InChI=1S/C8H15N3O4/c1-5(12)8(10,6(13)14)3-2-4-11-7(9)15/h2-4,10H2,1H3,(H,13,14)(H3,9,11,15). The molecule has 0 aliphatic rings. The van der Waals surface area contributed by atoms with E-state index in [2.05, 4.69) is 5.32 Å². The van der Waals surface area contributed by atoms with E-state index in [1.807, 2.05) is 0 Å². The molecule has 6 N–H and O–H groups in total. The number of amides is 2. The molecule has 1 atom stereocenters. The molecule has 0 aromatic carbocycles. The minimum absolute atomic E-state index is 0.0437. The van der Waals surface area contributed by atoms with Gasteiger partial charge in [-0.25, -0.2) is 9.59 Å². The first-order valence-electron chi connectivity index (χ1n) is 4.37. The van der Waals surface area contributed by atoms with Crippen LogP contribution < -0.4 is 16.8 Å². The fourth-order valence-corrected chi connectivity index (χ4v) is 1.01. The van der Waals surface area contributed by atoms with Gasteiger partial charge >= 0.3 is 12.0 Å². The molecule has 0 spiro atoms. The van der Waals surface area contributed by atoms with Crippen molar-refractivity contribution in [3.05, 3.63) is 0 Å². The van der Waals surface area contributed by atoms with Gasteiger partial charge in [0.05, 0.1) is 0 Å². The third kappa shape index (κ3) is 3.94. The van der Waals surface area contributed by atoms with Crippen molar-refractivity contribution in [2.45, 2.75) is 25.3 Å². The number of rotatable bonds is 6. The average molecular weight is 217 g/mol. The monoisotopic (exact) mass is 217 g/mol. The molecule has 0 rings (SSSR count). The van der Waals surface area contributed by atoms with Crippen LogP contribution in [-0.4, -0.2) is 35.0 Å². The Kier molecular flexibility index (Phi) is 4.72. The molecule has 86 valence electrons. The van der Waals surface area contributed by atoms with Crippen molar-refractivity contribution in [2.75, 3.05) is 6.54 Å². The van der Waals surface area contributed by atoms with E-state index < -0.39 is 23.3 Å². The summed E-state index contributed by atoms with van der Waals surface area (Å²) in [6, 6.07) is -0.698. The number of carboxylic acid groups (broad SMARTS) is 1. The van der Waals surface area contributed by atoms with E-state index in [4.69, 9.17) is 16.6 Å². The topological polar surface area (TPSA) is 136 Å². The molecule has 7 nitrogen and oxygen atoms in total. The van der Waals surface area contributed by atoms with Crippen LogP contribution in [0.15, 0.2) is 0 Å². The maximum absolute atomic E-state index is 11.0. The highest BCUT2D eigenvalue weighted by Gasteiger charge is 2.38. The normalized spacial score (nSPS) is 14.0. The van der Waals surface area contributed by atoms with Gasteiger partial charge in [0.1, 0.15) is 0 Å². The maximum Gasteiger partial charge on any atom is 0.331 e. The first-order valence-corrected chi connectivity index (χ1v) is 4.37. The number of hydrogen-bond donors (Lipinski definition) is 4. The van der Waals surface area contributed by atoms with E-state index in [1.54, 1.807) is 0 Å². The molecule has 7 heteroatoms. The molecule has 0 aromatic heterocycles. The summed E-state index contributed by atoms with van der Waals surface area (Å²) in [6.07, 6.45) is 0.225. The van der Waals surface area contributed by atoms with Gasteiger partial charge in [0.25, 0.3) is 0 Å². The number of carbonyl (C=O) groups is 3. The van der Waals surface area contributed by atoms with E-state index in [1.165, 1.54) is 0 Å². The van der Waals surface area contributed by atoms with Crippen molar-refractivity contribution in [1.29, 1.82) is 0 Å². The Balaban J connectivity index is 4.15. The fourth-order valence-electron chi connectivity index (χ4n) is 1.01. The third-order valence-corrected chi connectivity index (χ3v) is 2.06. The summed E-state index contributed by atoms with van der Waals surface area (Å²) < 4.78 is 0. The number of aliphatic carboxylic acids is 1. The molecule has 0 heterocycles. The molecule has 0 saturated heterocycles. The molecule has 0 bridgehead atoms. The number of carboxylic acids is 1. The lowest BCUT2D eigenvalue weighted by molar-refractivity contribution is -0.148. The van der Waals surface area contributed by atoms with E-state index >= 15 is 0 Å². The lowest BCUT2D eigenvalue weighted by Crippen LogP contribution is -2.54. The molecular formula is C8H15N3O4. The summed E-state index contributed by atoms with van der Waals surface area (Å²) in [4.78, 5) is 32.0. The van der Waals surface area contributed by atoms with Gasteiger partial charge in [0.15, 0.2) is 11.3 Å². The minimum Gasteiger partial charge on any atom is -0.480 e. The van der Waals surface area contributed by atoms with Crippen LogP contribution in [0, 0.1) is 0 Å². The van der Waals surface area contributed by atoms with Crippen LogP contribution in [0.1, 0.15) is 19.8 Å². The number of carbonyl (C=O) groups excluding carboxylic acids is 2. The molecule has 0 fully saturated rings. The van der Waals surface area contributed by atoms with Crippen molar-refractivity contribution < 1.29 is 19.5 Å². The van der Waals surface area contributed by atoms with E-state index in [0.29, 0.717) is 0 Å². The van der Waals surface area contributed by atoms with Crippen LogP contribution in [0.5, 0.6) is 0 Å². The van der Waals surface area contributed by atoms with Gasteiger partial charge in [-0.3, -0.25) is 4.79 Å². The summed E-state index contributed by atoms with van der Waals surface area (Å²) in [5.41, 5.74) is 8.33. The lowest BCUT2D eigenvalue weighted by atomic mass is 9.90. The van der Waals surface area contributed by atoms with Gasteiger partial charge in [-0.05, 0) is 19.8 Å². The number of urea groups is 1. The van der Waals surface area contributed by atoms with Gasteiger partial charge in [0.2, 0.25) is 0 Å². The van der Waals surface area contributed by atoms with Crippen LogP contribution in [0.3, 0.4) is 0 Å². The molecule has 0 aromatic rings. The molecular weight excluding hydrogens is 202 g/mol. The van der Waals surface area contributed by atoms with Gasteiger partial charge in [-0.1, -0.05) is 0 Å². The Morgan fingerprint density at radius 2 is 1.93 bits per heavy atom. The summed E-state index contributed by atoms with van der Waals surface area (Å²) in [7, 11) is 0. The van der Waals surface area contributed by atoms with Gasteiger partial charge in [-0.2, -0.15) is 0 Å². The van der Waals surface area contributed by atoms with Crippen LogP contribution in [0.4, 0.5) is 4.79 Å². The fraction of sp³-hybridized carbons (Fsp3) is 0.625. The number of nitrogens with two attached hydrogens (primary N) is 2. The zero-order valence-corrected chi connectivity index (χ0v) is 8.45. The molecule has 0 aliphatic carbocycles. The maximum atomic E-state index is 11.0. The lowest BCUT2D eigenvalue weighted by Gasteiger charge is -2.21. The summed E-state index contributed by atoms with van der Waals surface area (Å²) in [6.45, 7) is 1.31. The Bertz CT molecular complexity index is 263. The highest BCUT2D eigenvalue weighted by Crippen LogP contribution is 2.11. The Morgan fingerprint density at radius 3 is 2.27 bits per heavy atom. The quantitative estimate of drug-likeness (QED) is 0.327. The Hall–Kier alpha value is -1.63. The van der Waals surface area contributed by atoms with Crippen molar-refractivity contribution in [3.63, 3.8) is 0 Å². The van der Waals surface area contributed by atoms with E-state index in [-0.39, 0.29) is 19.4 Å². The Labute approximate surface area is 86.8 Å². The predicted octanol–water partition coefficient (Wildman–Crippen LogP) is -1.19. The zero-order valence-electron chi connectivity index (χ0n) is 8.45. The van der Waals surface area contributed by atoms with Gasteiger partial charge < -0.3 is 21.9 Å². The molecule has 0 saturated carbocycles. The van der Waals surface area contributed by atoms with E-state index in [0.717, 1.165) is 6.92 Å². The second-order valence-corrected chi connectivity index (χ2v) is 3.23. The number of Topliss-reactive ketones (excluding diaryl/α,β-unsaturated/α-hetero) is 1. The van der Waals surface area contributed by atoms with Crippen LogP contribution >= 0.6 is 0 Å². The summed E-state index contributed by atoms with van der Waals surface area (Å²) in [5.74, 6) is -1.98. The van der Waals surface area contributed by atoms with Gasteiger partial charge in [-0.15, -0.1) is 0 Å². The number of hydrogen-bond acceptors (Lipinski definition) is 4. The highest BCUT2D eigenvalue weighted by molar-refractivity contribution is 6.06. The number of primary amides is 1. The van der Waals surface area contributed by atoms with Crippen LogP contribution in [0.2, 0.25) is 0 Å². The van der Waals surface area contributed by atoms with Crippen molar-refractivity contribution in [2.24, 2.45) is 11.5 Å². The van der Waals surface area contributed by atoms with Gasteiger partial charge in [0, 0.05) is 6.54 Å². The largest absolute Gasteiger partial charge is 0.480 e. The predicted molar refractivity (Wildman–Crippen MR) is 52.1 cm³/mol. The molecule has 0 radical (unpaired) electrons. The van der Waals surface area contributed by atoms with E-state index in [9.17, 15) is 14.4 Å². The van der Waals surface area contributed by atoms with Crippen molar-refractivity contribution in [3.8, 4) is 0 Å². The highest BCUT2D eigenvalue weighted by atomic mass is 16.4. The number of nitrogens with one attached hydrogen (secondary N) is 1. The minimum atomic E-state index is -1.88. The summed E-state index contributed by atoms with van der Waals surface area (Å²) in [5, 5.41) is 11.0. The third-order valence-electron chi connectivity index (χ3n) is 2.06. The molecule has 2 amide bonds. The number of ketones is 1. The van der Waals surface area contributed by atoms with Crippen LogP contribution in [0.25, 0.3) is 0 Å². The molecule has 1 unspecified atom stereocenters. The first kappa shape index (κ1) is 13.4. The second-order valence-electron chi connectivity index (χ2n) is 3.23. The average Bonchev–Trinajstić information content (AvgIpc) is 2.10. The van der Waals surface area contributed by atoms with Crippen molar-refractivity contribution >= 4 is 17.8 Å². The Morgan fingerprint density at radius 1 is 1.40 bits per heavy atom. The first-order chi connectivity index (χ1) is 6.80. The second kappa shape index (κ2) is 5.30. The van der Waals surface area contributed by atoms with Crippen LogP contribution in [-0.2, 0) is 9.59 Å². The SMILES string of the molecule is CC(=O)C(N)(CCCNC(N)=O)C(=O)O. The van der Waals surface area contributed by atoms with Crippen molar-refractivity contribution in [1.82, 2.24) is 5.32 Å². The smallest absolute Gasteiger partial charge is 0.331 e. The summed E-state index contributed by atoms with van der Waals surface area (Å²) >= 11 is 0. The molecule has 0 aliphatic heterocycles. The zero-order chi connectivity index (χ0) is 12.1. The molecule has 15 heavy (non-hydrogen) atoms.